The summed E-state index contributed by atoms with van der Waals surface area (Å²) in [5.41, 5.74) is 3.92. The Kier molecular flexibility index (Phi) is 6.15. The summed E-state index contributed by atoms with van der Waals surface area (Å²) in [5, 5.41) is 15.6. The second-order valence-electron chi connectivity index (χ2n) is 7.80. The predicted octanol–water partition coefficient (Wildman–Crippen LogP) is 3.80. The summed E-state index contributed by atoms with van der Waals surface area (Å²) in [7, 11) is 0. The minimum absolute atomic E-state index is 0.111. The Bertz CT molecular complexity index is 1420. The van der Waals surface area contributed by atoms with Crippen LogP contribution in [0.25, 0.3) is 16.8 Å². The van der Waals surface area contributed by atoms with Crippen molar-refractivity contribution in [2.75, 3.05) is 12.3 Å². The number of carbonyl (C=O) groups excluding carboxylic acids is 1. The lowest BCUT2D eigenvalue weighted by molar-refractivity contribution is -0.106. The molecule has 2 aromatic heterocycles. The maximum Gasteiger partial charge on any atom is 0.294 e. The second kappa shape index (κ2) is 8.95. The summed E-state index contributed by atoms with van der Waals surface area (Å²) < 4.78 is 73.4. The lowest BCUT2D eigenvalue weighted by atomic mass is 9.98. The number of alkyl halides is 2. The molecule has 35 heavy (non-hydrogen) atoms. The number of nitrogens with two attached hydrogens (primary N) is 1. The van der Waals surface area contributed by atoms with E-state index < -0.39 is 47.5 Å². The highest BCUT2D eigenvalue weighted by atomic mass is 19.3. The van der Waals surface area contributed by atoms with Crippen LogP contribution in [0.5, 0.6) is 0 Å². The molecule has 0 aliphatic heterocycles. The maximum absolute atomic E-state index is 15.4. The van der Waals surface area contributed by atoms with Crippen LogP contribution in [0.4, 0.5) is 27.9 Å². The van der Waals surface area contributed by atoms with E-state index in [0.717, 1.165) is 28.8 Å². The number of anilines is 1. The standard InChI is InChI=1S/C23H18F5N5O2/c1-11-2-7-14(15-8-9-33-20(18(15)26)31-22(29)32-33)17(25)16(11)21(35)30-10-23(27,28)19(34)12-3-5-13(24)6-4-12/h2-9,19,34H,10H2,1H3,(H2,29,32)(H,30,35)/t19-/m1/s1. The maximum atomic E-state index is 15.4. The zero-order valence-corrected chi connectivity index (χ0v) is 18.1. The normalized spacial score (nSPS) is 12.7. The summed E-state index contributed by atoms with van der Waals surface area (Å²) in [4.78, 5) is 16.4. The molecule has 0 aliphatic carbocycles. The highest BCUT2D eigenvalue weighted by Gasteiger charge is 2.40. The van der Waals surface area contributed by atoms with E-state index in [1.165, 1.54) is 31.3 Å². The van der Waals surface area contributed by atoms with Gasteiger partial charge in [-0.05, 0) is 36.2 Å². The minimum Gasteiger partial charge on any atom is -0.382 e. The van der Waals surface area contributed by atoms with Crippen molar-refractivity contribution in [3.05, 3.63) is 82.8 Å². The van der Waals surface area contributed by atoms with Crippen molar-refractivity contribution in [3.8, 4) is 11.1 Å². The van der Waals surface area contributed by atoms with Crippen LogP contribution in [0.3, 0.4) is 0 Å². The number of nitrogen functional groups attached to an aromatic ring is 1. The molecule has 12 heteroatoms. The molecule has 4 rings (SSSR count). The molecule has 0 unspecified atom stereocenters. The molecule has 2 aromatic carbocycles. The first kappa shape index (κ1) is 24.1. The highest BCUT2D eigenvalue weighted by Crippen LogP contribution is 2.32. The first-order valence-electron chi connectivity index (χ1n) is 10.2. The topological polar surface area (TPSA) is 106 Å². The molecule has 0 spiro atoms. The fraction of sp³-hybridized carbons (Fsp3) is 0.174. The number of carbonyl (C=O) groups is 1. The second-order valence-corrected chi connectivity index (χ2v) is 7.80. The largest absolute Gasteiger partial charge is 0.382 e. The quantitative estimate of drug-likeness (QED) is 0.356. The van der Waals surface area contributed by atoms with E-state index in [0.29, 0.717) is 0 Å². The molecule has 0 aliphatic rings. The molecule has 4 aromatic rings. The van der Waals surface area contributed by atoms with Crippen molar-refractivity contribution in [3.63, 3.8) is 0 Å². The fourth-order valence-corrected chi connectivity index (χ4v) is 3.57. The molecule has 7 nitrogen and oxygen atoms in total. The average molecular weight is 491 g/mol. The van der Waals surface area contributed by atoms with Crippen molar-refractivity contribution in [2.45, 2.75) is 19.0 Å². The van der Waals surface area contributed by atoms with E-state index >= 15 is 4.39 Å². The van der Waals surface area contributed by atoms with Gasteiger partial charge in [-0.15, -0.1) is 5.10 Å². The van der Waals surface area contributed by atoms with Gasteiger partial charge in [0.05, 0.1) is 12.1 Å². The lowest BCUT2D eigenvalue weighted by Gasteiger charge is -2.23. The Morgan fingerprint density at radius 2 is 1.74 bits per heavy atom. The first-order chi connectivity index (χ1) is 16.5. The molecule has 182 valence electrons. The number of halogens is 5. The monoisotopic (exact) mass is 491 g/mol. The van der Waals surface area contributed by atoms with Gasteiger partial charge in [0, 0.05) is 17.3 Å². The molecule has 2 heterocycles. The van der Waals surface area contributed by atoms with E-state index in [1.54, 1.807) is 0 Å². The Labute approximate surface area is 195 Å². The summed E-state index contributed by atoms with van der Waals surface area (Å²) in [6.45, 7) is 0.0406. The molecular formula is C23H18F5N5O2. The van der Waals surface area contributed by atoms with E-state index in [2.05, 4.69) is 10.1 Å². The zero-order valence-electron chi connectivity index (χ0n) is 18.1. The number of aryl methyl sites for hydroxylation is 1. The number of pyridine rings is 1. The molecule has 4 N–H and O–H groups in total. The van der Waals surface area contributed by atoms with Crippen LogP contribution in [0.15, 0.2) is 48.7 Å². The Balaban J connectivity index is 1.61. The van der Waals surface area contributed by atoms with Crippen LogP contribution in [0.1, 0.15) is 27.6 Å². The van der Waals surface area contributed by atoms with Gasteiger partial charge in [0.1, 0.15) is 17.7 Å². The third kappa shape index (κ3) is 4.52. The number of nitrogens with zero attached hydrogens (tertiary/aromatic N) is 3. The van der Waals surface area contributed by atoms with Crippen molar-refractivity contribution in [2.24, 2.45) is 0 Å². The fourth-order valence-electron chi connectivity index (χ4n) is 3.57. The van der Waals surface area contributed by atoms with Crippen LogP contribution < -0.4 is 11.1 Å². The first-order valence-corrected chi connectivity index (χ1v) is 10.2. The van der Waals surface area contributed by atoms with Crippen LogP contribution >= 0.6 is 0 Å². The van der Waals surface area contributed by atoms with Crippen LogP contribution in [-0.2, 0) is 0 Å². The van der Waals surface area contributed by atoms with Crippen LogP contribution in [0.2, 0.25) is 0 Å². The number of aliphatic hydroxyl groups excluding tert-OH is 1. The summed E-state index contributed by atoms with van der Waals surface area (Å²) in [6.07, 6.45) is -1.05. The van der Waals surface area contributed by atoms with Gasteiger partial charge in [0.2, 0.25) is 5.95 Å². The summed E-state index contributed by atoms with van der Waals surface area (Å²) in [6, 6.07) is 7.56. The number of benzene rings is 2. The number of fused-ring (bicyclic) bond motifs is 1. The molecule has 0 bridgehead atoms. The molecule has 0 radical (unpaired) electrons. The average Bonchev–Trinajstić information content (AvgIpc) is 3.20. The van der Waals surface area contributed by atoms with Crippen LogP contribution in [-0.4, -0.2) is 38.1 Å². The highest BCUT2D eigenvalue weighted by molar-refractivity contribution is 5.97. The summed E-state index contributed by atoms with van der Waals surface area (Å²) in [5.74, 6) is -8.01. The van der Waals surface area contributed by atoms with E-state index in [4.69, 9.17) is 5.73 Å². The van der Waals surface area contributed by atoms with Crippen LogP contribution in [0, 0.1) is 24.4 Å². The SMILES string of the molecule is Cc1ccc(-c2ccn3nc(N)nc3c2F)c(F)c1C(=O)NCC(F)(F)[C@H](O)c1ccc(F)cc1. The predicted molar refractivity (Wildman–Crippen MR) is 116 cm³/mol. The number of rotatable bonds is 6. The third-order valence-corrected chi connectivity index (χ3v) is 5.40. The Morgan fingerprint density at radius 3 is 2.43 bits per heavy atom. The number of hydrogen-bond acceptors (Lipinski definition) is 5. The van der Waals surface area contributed by atoms with Gasteiger partial charge in [0.15, 0.2) is 11.5 Å². The lowest BCUT2D eigenvalue weighted by Crippen LogP contribution is -2.41. The van der Waals surface area contributed by atoms with Gasteiger partial charge in [0.25, 0.3) is 11.8 Å². The van der Waals surface area contributed by atoms with E-state index in [1.807, 2.05) is 5.32 Å². The van der Waals surface area contributed by atoms with Gasteiger partial charge in [-0.3, -0.25) is 4.79 Å². The molecule has 1 amide bonds. The minimum atomic E-state index is -3.86. The molecular weight excluding hydrogens is 473 g/mol. The van der Waals surface area contributed by atoms with Gasteiger partial charge >= 0.3 is 0 Å². The van der Waals surface area contributed by atoms with Gasteiger partial charge in [-0.1, -0.05) is 24.3 Å². The molecule has 0 saturated carbocycles. The number of aromatic nitrogens is 3. The molecule has 1 atom stereocenters. The van der Waals surface area contributed by atoms with Gasteiger partial charge < -0.3 is 16.2 Å². The number of nitrogens with one attached hydrogen (secondary N) is 1. The smallest absolute Gasteiger partial charge is 0.294 e. The Morgan fingerprint density at radius 1 is 1.09 bits per heavy atom. The van der Waals surface area contributed by atoms with Crippen molar-refractivity contribution < 1.29 is 31.9 Å². The van der Waals surface area contributed by atoms with Crippen molar-refractivity contribution in [1.29, 1.82) is 0 Å². The van der Waals surface area contributed by atoms with E-state index in [-0.39, 0.29) is 33.8 Å². The third-order valence-electron chi connectivity index (χ3n) is 5.40. The number of aliphatic hydroxyl groups is 1. The Hall–Kier alpha value is -4.06. The molecule has 0 fully saturated rings. The molecule has 0 saturated heterocycles. The van der Waals surface area contributed by atoms with Crippen molar-refractivity contribution >= 4 is 17.5 Å². The van der Waals surface area contributed by atoms with Gasteiger partial charge in [-0.2, -0.15) is 4.98 Å². The van der Waals surface area contributed by atoms with Gasteiger partial charge in [-0.25, -0.2) is 26.5 Å². The summed E-state index contributed by atoms with van der Waals surface area (Å²) >= 11 is 0. The number of hydrogen-bond donors (Lipinski definition) is 3. The number of amides is 1. The van der Waals surface area contributed by atoms with Crippen molar-refractivity contribution in [1.82, 2.24) is 19.9 Å². The van der Waals surface area contributed by atoms with E-state index in [9.17, 15) is 27.5 Å². The zero-order chi connectivity index (χ0) is 25.5.